The fourth-order valence-electron chi connectivity index (χ4n) is 6.85. The average molecular weight is 606 g/mol. The van der Waals surface area contributed by atoms with Crippen LogP contribution in [0.1, 0.15) is 61.9 Å². The molecule has 0 bridgehead atoms. The molecule has 1 atom stereocenters. The molecule has 228 valence electrons. The molecule has 0 radical (unpaired) electrons. The van der Waals surface area contributed by atoms with Gasteiger partial charge in [-0.05, 0) is 67.6 Å². The van der Waals surface area contributed by atoms with Gasteiger partial charge in [-0.15, -0.1) is 0 Å². The van der Waals surface area contributed by atoms with Crippen LogP contribution >= 0.6 is 11.6 Å². The van der Waals surface area contributed by atoms with Gasteiger partial charge in [-0.1, -0.05) is 55.8 Å². The van der Waals surface area contributed by atoms with E-state index in [0.29, 0.717) is 35.3 Å². The molecule has 3 saturated heterocycles. The molecule has 10 heteroatoms. The Bertz CT molecular complexity index is 1290. The number of amides is 2. The molecule has 3 aliphatic heterocycles. The van der Waals surface area contributed by atoms with Gasteiger partial charge in [0.1, 0.15) is 0 Å². The van der Waals surface area contributed by atoms with E-state index >= 15 is 0 Å². The molecule has 5 rings (SSSR count). The molecule has 42 heavy (non-hydrogen) atoms. The molecular formula is C32H39ClF3N3O3. The summed E-state index contributed by atoms with van der Waals surface area (Å²) in [6.07, 6.45) is -1.09. The number of aliphatic hydroxyl groups is 1. The number of piperidine rings is 2. The van der Waals surface area contributed by atoms with E-state index in [4.69, 9.17) is 11.6 Å². The van der Waals surface area contributed by atoms with Gasteiger partial charge in [-0.3, -0.25) is 9.59 Å². The van der Waals surface area contributed by atoms with Crippen LogP contribution in [0.5, 0.6) is 0 Å². The molecule has 6 nitrogen and oxygen atoms in total. The van der Waals surface area contributed by atoms with Crippen molar-refractivity contribution in [1.29, 1.82) is 0 Å². The minimum Gasteiger partial charge on any atom is -0.371 e. The number of hydrogen-bond donors (Lipinski definition) is 1. The summed E-state index contributed by atoms with van der Waals surface area (Å²) in [5.74, 6) is -0.621. The minimum atomic E-state index is -5.13. The Morgan fingerprint density at radius 3 is 2.00 bits per heavy atom. The topological polar surface area (TPSA) is 64.1 Å². The van der Waals surface area contributed by atoms with Crippen LogP contribution < -0.4 is 4.90 Å². The summed E-state index contributed by atoms with van der Waals surface area (Å²) < 4.78 is 42.0. The number of carbonyl (C=O) groups is 2. The summed E-state index contributed by atoms with van der Waals surface area (Å²) in [4.78, 5) is 31.4. The third-order valence-electron chi connectivity index (χ3n) is 9.46. The Balaban J connectivity index is 1.15. The molecule has 2 aromatic carbocycles. The molecule has 3 fully saturated rings. The quantitative estimate of drug-likeness (QED) is 0.446. The third-order valence-corrected chi connectivity index (χ3v) is 9.77. The third kappa shape index (κ3) is 6.00. The fourth-order valence-corrected chi connectivity index (χ4v) is 7.11. The highest BCUT2D eigenvalue weighted by Gasteiger charge is 2.62. The number of nitrogens with zero attached hydrogens (tertiary/aromatic N) is 3. The number of hydrogen-bond acceptors (Lipinski definition) is 4. The Labute approximate surface area is 250 Å². The van der Waals surface area contributed by atoms with Crippen molar-refractivity contribution < 1.29 is 27.9 Å². The zero-order valence-corrected chi connectivity index (χ0v) is 24.9. The molecule has 3 heterocycles. The van der Waals surface area contributed by atoms with Gasteiger partial charge >= 0.3 is 6.18 Å². The van der Waals surface area contributed by atoms with Crippen LogP contribution in [-0.4, -0.2) is 72.2 Å². The smallest absolute Gasteiger partial charge is 0.371 e. The molecule has 0 aromatic heterocycles. The van der Waals surface area contributed by atoms with Gasteiger partial charge in [0.15, 0.2) is 0 Å². The molecule has 2 aromatic rings. The monoisotopic (exact) mass is 605 g/mol. The zero-order valence-electron chi connectivity index (χ0n) is 24.2. The first-order chi connectivity index (χ1) is 19.8. The lowest BCUT2D eigenvalue weighted by Gasteiger charge is -2.42. The summed E-state index contributed by atoms with van der Waals surface area (Å²) in [6.45, 7) is 7.79. The van der Waals surface area contributed by atoms with E-state index in [1.54, 1.807) is 6.07 Å². The predicted octanol–water partition coefficient (Wildman–Crippen LogP) is 6.12. The van der Waals surface area contributed by atoms with Crippen LogP contribution in [-0.2, 0) is 10.4 Å². The summed E-state index contributed by atoms with van der Waals surface area (Å²) in [6, 6.07) is 12.2. The van der Waals surface area contributed by atoms with Gasteiger partial charge in [-0.2, -0.15) is 13.2 Å². The highest BCUT2D eigenvalue weighted by atomic mass is 35.5. The first-order valence-corrected chi connectivity index (χ1v) is 15.2. The van der Waals surface area contributed by atoms with Gasteiger partial charge < -0.3 is 19.8 Å². The Morgan fingerprint density at radius 1 is 0.881 bits per heavy atom. The Hall–Kier alpha value is -2.78. The lowest BCUT2D eigenvalue weighted by molar-refractivity contribution is -0.262. The molecule has 0 spiro atoms. The number of rotatable bonds is 5. The van der Waals surface area contributed by atoms with Crippen LogP contribution in [0.3, 0.4) is 0 Å². The second-order valence-electron chi connectivity index (χ2n) is 12.8. The highest BCUT2D eigenvalue weighted by molar-refractivity contribution is 6.34. The number of benzene rings is 2. The predicted molar refractivity (Wildman–Crippen MR) is 156 cm³/mol. The molecule has 2 amide bonds. The van der Waals surface area contributed by atoms with Crippen LogP contribution in [0.25, 0.3) is 0 Å². The first-order valence-electron chi connectivity index (χ1n) is 14.8. The van der Waals surface area contributed by atoms with E-state index in [0.717, 1.165) is 63.3 Å². The molecular weight excluding hydrogens is 567 g/mol. The Kier molecular flexibility index (Phi) is 8.56. The van der Waals surface area contributed by atoms with Crippen molar-refractivity contribution in [3.05, 3.63) is 64.7 Å². The van der Waals surface area contributed by atoms with E-state index < -0.39 is 23.2 Å². The van der Waals surface area contributed by atoms with E-state index in [1.807, 2.05) is 23.1 Å². The van der Waals surface area contributed by atoms with Crippen molar-refractivity contribution >= 4 is 29.1 Å². The van der Waals surface area contributed by atoms with Crippen molar-refractivity contribution in [2.24, 2.45) is 17.3 Å². The van der Waals surface area contributed by atoms with Gasteiger partial charge in [-0.25, -0.2) is 0 Å². The van der Waals surface area contributed by atoms with E-state index in [1.165, 1.54) is 17.0 Å². The molecule has 0 unspecified atom stereocenters. The summed E-state index contributed by atoms with van der Waals surface area (Å²) in [5, 5.41) is 11.1. The van der Waals surface area contributed by atoms with Gasteiger partial charge in [0, 0.05) is 50.5 Å². The number of halogens is 4. The molecule has 0 aliphatic carbocycles. The molecule has 0 saturated carbocycles. The maximum absolute atomic E-state index is 14.0. The van der Waals surface area contributed by atoms with Crippen molar-refractivity contribution in [1.82, 2.24) is 9.80 Å². The van der Waals surface area contributed by atoms with E-state index in [2.05, 4.69) is 18.7 Å². The van der Waals surface area contributed by atoms with Crippen LogP contribution in [0.2, 0.25) is 5.02 Å². The number of carbonyl (C=O) groups excluding carboxylic acids is 2. The molecule has 1 N–H and O–H groups in total. The van der Waals surface area contributed by atoms with Crippen LogP contribution in [0.15, 0.2) is 48.5 Å². The average Bonchev–Trinajstić information content (AvgIpc) is 3.35. The second-order valence-corrected chi connectivity index (χ2v) is 13.2. The second kappa shape index (κ2) is 11.7. The first kappa shape index (κ1) is 30.7. The lowest BCUT2D eigenvalue weighted by atomic mass is 9.78. The number of anilines is 1. The summed E-state index contributed by atoms with van der Waals surface area (Å²) in [7, 11) is 0. The van der Waals surface area contributed by atoms with Crippen molar-refractivity contribution in [3.8, 4) is 0 Å². The Morgan fingerprint density at radius 2 is 1.48 bits per heavy atom. The van der Waals surface area contributed by atoms with Crippen LogP contribution in [0.4, 0.5) is 18.9 Å². The largest absolute Gasteiger partial charge is 0.430 e. The van der Waals surface area contributed by atoms with E-state index in [9.17, 15) is 27.9 Å². The maximum atomic E-state index is 14.0. The molecule has 3 aliphatic rings. The van der Waals surface area contributed by atoms with Gasteiger partial charge in [0.2, 0.25) is 0 Å². The number of alkyl halides is 3. The lowest BCUT2D eigenvalue weighted by Crippen LogP contribution is -2.57. The summed E-state index contributed by atoms with van der Waals surface area (Å²) in [5.41, 5.74) is -2.40. The standard InChI is InChI=1S/C32H39ClF3N3O3/c1-30(2)14-19-39(21-30)28(40)26-9-8-25(20-27(26)33)37-15-10-22(11-16-37)23-12-17-38(18-13-23)29(41)31(42,32(34,35)36)24-6-4-3-5-7-24/h3-9,20,22-23,42H,10-19,21H2,1-2H3/t31-/m1/s1. The van der Waals surface area contributed by atoms with Crippen molar-refractivity contribution in [2.45, 2.75) is 57.7 Å². The number of likely N-dealkylation sites (tertiary alicyclic amines) is 2. The minimum absolute atomic E-state index is 0.0295. The van der Waals surface area contributed by atoms with Crippen molar-refractivity contribution in [3.63, 3.8) is 0 Å². The SMILES string of the molecule is CC1(C)CCN(C(=O)c2ccc(N3CCC(C4CCN(C(=O)[C@](O)(c5ccccc5)C(F)(F)F)CC4)CC3)cc2Cl)C1. The normalized spacial score (nSPS) is 21.8. The fraction of sp³-hybridized carbons (Fsp3) is 0.562. The van der Waals surface area contributed by atoms with Gasteiger partial charge in [0.05, 0.1) is 10.6 Å². The highest BCUT2D eigenvalue weighted by Crippen LogP contribution is 2.42. The summed E-state index contributed by atoms with van der Waals surface area (Å²) >= 11 is 6.59. The van der Waals surface area contributed by atoms with Gasteiger partial charge in [0.25, 0.3) is 17.4 Å². The maximum Gasteiger partial charge on any atom is 0.430 e. The van der Waals surface area contributed by atoms with Crippen molar-refractivity contribution in [2.75, 3.05) is 44.2 Å². The van der Waals surface area contributed by atoms with Crippen LogP contribution in [0, 0.1) is 17.3 Å². The zero-order chi connectivity index (χ0) is 30.3. The van der Waals surface area contributed by atoms with E-state index in [-0.39, 0.29) is 24.4 Å².